The van der Waals surface area contributed by atoms with Crippen LogP contribution in [0.25, 0.3) is 22.4 Å². The molecule has 0 radical (unpaired) electrons. The highest BCUT2D eigenvalue weighted by Gasteiger charge is 2.34. The van der Waals surface area contributed by atoms with Crippen molar-refractivity contribution in [3.8, 4) is 17.5 Å². The summed E-state index contributed by atoms with van der Waals surface area (Å²) in [6.45, 7) is 2.02. The van der Waals surface area contributed by atoms with Gasteiger partial charge in [-0.2, -0.15) is 5.26 Å². The smallest absolute Gasteiger partial charge is 0.162 e. The van der Waals surface area contributed by atoms with E-state index in [1.165, 1.54) is 0 Å². The SMILES string of the molecule is CC[C@H]1O[C@@H](n2ccc3c(SCCC#N)nc(-c4ccccc4)nc32)C[C@H]1O. The number of nitriles is 1. The molecule has 0 bridgehead atoms. The number of aromatic nitrogens is 3. The van der Waals surface area contributed by atoms with Gasteiger partial charge in [-0.25, -0.2) is 9.97 Å². The minimum atomic E-state index is -0.465. The number of nitrogens with zero attached hydrogens (tertiary/aromatic N) is 4. The molecular weight excluding hydrogens is 372 g/mol. The lowest BCUT2D eigenvalue weighted by atomic mass is 10.1. The van der Waals surface area contributed by atoms with Crippen molar-refractivity contribution in [2.45, 2.75) is 49.6 Å². The van der Waals surface area contributed by atoms with E-state index in [9.17, 15) is 5.11 Å². The Bertz CT molecular complexity index is 999. The maximum Gasteiger partial charge on any atom is 0.162 e. The minimum absolute atomic E-state index is 0.151. The minimum Gasteiger partial charge on any atom is -0.390 e. The van der Waals surface area contributed by atoms with Crippen LogP contribution in [0.2, 0.25) is 0 Å². The predicted molar refractivity (Wildman–Crippen MR) is 109 cm³/mol. The van der Waals surface area contributed by atoms with Gasteiger partial charge in [-0.15, -0.1) is 11.8 Å². The van der Waals surface area contributed by atoms with Gasteiger partial charge in [0.1, 0.15) is 16.9 Å². The number of thioether (sulfide) groups is 1. The van der Waals surface area contributed by atoms with E-state index < -0.39 is 6.10 Å². The molecule has 1 fully saturated rings. The summed E-state index contributed by atoms with van der Waals surface area (Å²) in [6.07, 6.45) is 2.88. The zero-order chi connectivity index (χ0) is 19.5. The number of aliphatic hydroxyl groups excluding tert-OH is 1. The van der Waals surface area contributed by atoms with Gasteiger partial charge in [0.15, 0.2) is 5.82 Å². The number of hydrogen-bond acceptors (Lipinski definition) is 6. The molecule has 3 aromatic rings. The molecule has 6 nitrogen and oxygen atoms in total. The third kappa shape index (κ3) is 3.63. The fourth-order valence-corrected chi connectivity index (χ4v) is 4.36. The van der Waals surface area contributed by atoms with Crippen molar-refractivity contribution < 1.29 is 9.84 Å². The van der Waals surface area contributed by atoms with Crippen LogP contribution < -0.4 is 0 Å². The summed E-state index contributed by atoms with van der Waals surface area (Å²) in [6, 6.07) is 14.0. The highest BCUT2D eigenvalue weighted by Crippen LogP contribution is 2.35. The van der Waals surface area contributed by atoms with Crippen LogP contribution in [0.3, 0.4) is 0 Å². The highest BCUT2D eigenvalue weighted by atomic mass is 32.2. The molecule has 0 amide bonds. The van der Waals surface area contributed by atoms with Crippen LogP contribution in [0, 0.1) is 11.3 Å². The highest BCUT2D eigenvalue weighted by molar-refractivity contribution is 7.99. The van der Waals surface area contributed by atoms with Gasteiger partial charge in [-0.3, -0.25) is 0 Å². The molecule has 0 saturated carbocycles. The van der Waals surface area contributed by atoms with Crippen molar-refractivity contribution in [3.63, 3.8) is 0 Å². The quantitative estimate of drug-likeness (QED) is 0.384. The fourth-order valence-electron chi connectivity index (χ4n) is 3.51. The van der Waals surface area contributed by atoms with Gasteiger partial charge in [0, 0.05) is 30.4 Å². The Morgan fingerprint density at radius 3 is 2.82 bits per heavy atom. The third-order valence-electron chi connectivity index (χ3n) is 4.94. The van der Waals surface area contributed by atoms with Gasteiger partial charge in [-0.1, -0.05) is 37.3 Å². The van der Waals surface area contributed by atoms with E-state index in [0.717, 1.165) is 28.0 Å². The molecule has 1 aliphatic heterocycles. The fraction of sp³-hybridized carbons (Fsp3) is 0.381. The first-order valence-corrected chi connectivity index (χ1v) is 10.5. The van der Waals surface area contributed by atoms with Crippen LogP contribution in [-0.2, 0) is 4.74 Å². The van der Waals surface area contributed by atoms with Crippen LogP contribution >= 0.6 is 11.8 Å². The van der Waals surface area contributed by atoms with Crippen molar-refractivity contribution in [3.05, 3.63) is 42.6 Å². The first kappa shape index (κ1) is 18.9. The molecular formula is C21H22N4O2S. The Balaban J connectivity index is 1.78. The first-order chi connectivity index (χ1) is 13.7. The van der Waals surface area contributed by atoms with Crippen LogP contribution in [-0.4, -0.2) is 37.6 Å². The molecule has 1 aromatic carbocycles. The van der Waals surface area contributed by atoms with Gasteiger partial charge in [0.2, 0.25) is 0 Å². The summed E-state index contributed by atoms with van der Waals surface area (Å²) < 4.78 is 8.06. The normalized spacial score (nSPS) is 21.8. The molecule has 1 saturated heterocycles. The molecule has 144 valence electrons. The number of aliphatic hydroxyl groups is 1. The Kier molecular flexibility index (Phi) is 5.62. The molecule has 2 aromatic heterocycles. The van der Waals surface area contributed by atoms with E-state index in [1.54, 1.807) is 11.8 Å². The standard InChI is InChI=1S/C21H22N4O2S/c1-2-17-16(26)13-18(27-17)25-11-9-15-20(25)23-19(14-7-4-3-5-8-14)24-21(15)28-12-6-10-22/h3-5,7-9,11,16-18,26H,2,6,12-13H2,1H3/t16-,17-,18-/m1/s1. The van der Waals surface area contributed by atoms with Crippen LogP contribution in [0.1, 0.15) is 32.4 Å². The second kappa shape index (κ2) is 8.31. The van der Waals surface area contributed by atoms with Crippen molar-refractivity contribution in [1.29, 1.82) is 5.26 Å². The summed E-state index contributed by atoms with van der Waals surface area (Å²) in [7, 11) is 0. The second-order valence-corrected chi connectivity index (χ2v) is 7.86. The lowest BCUT2D eigenvalue weighted by Gasteiger charge is -2.15. The maximum absolute atomic E-state index is 10.3. The van der Waals surface area contributed by atoms with Gasteiger partial charge in [0.25, 0.3) is 0 Å². The monoisotopic (exact) mass is 394 g/mol. The van der Waals surface area contributed by atoms with E-state index in [1.807, 2.05) is 54.1 Å². The topological polar surface area (TPSA) is 84.0 Å². The van der Waals surface area contributed by atoms with Crippen LogP contribution in [0.5, 0.6) is 0 Å². The van der Waals surface area contributed by atoms with Gasteiger partial charge in [0.05, 0.1) is 23.7 Å². The van der Waals surface area contributed by atoms with Gasteiger partial charge >= 0.3 is 0 Å². The maximum atomic E-state index is 10.3. The summed E-state index contributed by atoms with van der Waals surface area (Å²) in [5.41, 5.74) is 1.74. The number of hydrogen-bond donors (Lipinski definition) is 1. The van der Waals surface area contributed by atoms with Crippen molar-refractivity contribution >= 4 is 22.8 Å². The lowest BCUT2D eigenvalue weighted by Crippen LogP contribution is -2.19. The molecule has 1 N–H and O–H groups in total. The van der Waals surface area contributed by atoms with Gasteiger partial charge < -0.3 is 14.4 Å². The molecule has 0 aliphatic carbocycles. The number of fused-ring (bicyclic) bond motifs is 1. The lowest BCUT2D eigenvalue weighted by molar-refractivity contribution is -0.0180. The largest absolute Gasteiger partial charge is 0.390 e. The van der Waals surface area contributed by atoms with E-state index in [-0.39, 0.29) is 12.3 Å². The summed E-state index contributed by atoms with van der Waals surface area (Å²) in [5, 5.41) is 20.9. The summed E-state index contributed by atoms with van der Waals surface area (Å²) in [5.74, 6) is 1.33. The molecule has 3 heterocycles. The van der Waals surface area contributed by atoms with E-state index in [2.05, 4.69) is 6.07 Å². The second-order valence-electron chi connectivity index (χ2n) is 6.78. The zero-order valence-corrected chi connectivity index (χ0v) is 16.5. The van der Waals surface area contributed by atoms with E-state index in [0.29, 0.717) is 24.4 Å². The third-order valence-corrected chi connectivity index (χ3v) is 5.93. The first-order valence-electron chi connectivity index (χ1n) is 9.48. The summed E-state index contributed by atoms with van der Waals surface area (Å²) in [4.78, 5) is 9.59. The predicted octanol–water partition coefficient (Wildman–Crippen LogP) is 4.16. The number of rotatable bonds is 6. The number of benzene rings is 1. The Labute approximate surface area is 168 Å². The molecule has 3 atom stereocenters. The summed E-state index contributed by atoms with van der Waals surface area (Å²) >= 11 is 1.57. The average Bonchev–Trinajstić information content (AvgIpc) is 3.31. The van der Waals surface area contributed by atoms with Crippen molar-refractivity contribution in [1.82, 2.24) is 14.5 Å². The van der Waals surface area contributed by atoms with Crippen molar-refractivity contribution in [2.24, 2.45) is 0 Å². The van der Waals surface area contributed by atoms with Gasteiger partial charge in [-0.05, 0) is 12.5 Å². The number of ether oxygens (including phenoxy) is 1. The Morgan fingerprint density at radius 1 is 1.29 bits per heavy atom. The van der Waals surface area contributed by atoms with E-state index in [4.69, 9.17) is 20.0 Å². The van der Waals surface area contributed by atoms with Crippen LogP contribution in [0.15, 0.2) is 47.6 Å². The van der Waals surface area contributed by atoms with Crippen LogP contribution in [0.4, 0.5) is 0 Å². The molecule has 4 rings (SSSR count). The molecule has 1 aliphatic rings. The molecule has 0 spiro atoms. The van der Waals surface area contributed by atoms with E-state index >= 15 is 0 Å². The van der Waals surface area contributed by atoms with Crippen molar-refractivity contribution in [2.75, 3.05) is 5.75 Å². The zero-order valence-electron chi connectivity index (χ0n) is 15.7. The molecule has 0 unspecified atom stereocenters. The molecule has 7 heteroatoms. The Morgan fingerprint density at radius 2 is 2.11 bits per heavy atom. The Hall–Kier alpha value is -2.40. The average molecular weight is 395 g/mol. The molecule has 28 heavy (non-hydrogen) atoms.